The highest BCUT2D eigenvalue weighted by Gasteiger charge is 2.10. The Morgan fingerprint density at radius 1 is 1.14 bits per heavy atom. The predicted molar refractivity (Wildman–Crippen MR) is 89.1 cm³/mol. The standard InChI is InChI=1S/C16H14INO3/c1-11-8-14(17)16(21)18(15(11)10-20)7-6-12-2-4-13(9-19)5-3-12/h2-5,8-10H,6-7H2,1H3. The molecular weight excluding hydrogens is 381 g/mol. The largest absolute Gasteiger partial charge is 0.304 e. The van der Waals surface area contributed by atoms with Gasteiger partial charge in [-0.05, 0) is 53.1 Å². The summed E-state index contributed by atoms with van der Waals surface area (Å²) in [5.41, 5.74) is 2.71. The van der Waals surface area contributed by atoms with E-state index in [0.29, 0.717) is 27.8 Å². The minimum absolute atomic E-state index is 0.146. The molecule has 21 heavy (non-hydrogen) atoms. The molecule has 0 saturated carbocycles. The van der Waals surface area contributed by atoms with Crippen molar-refractivity contribution in [1.29, 1.82) is 0 Å². The van der Waals surface area contributed by atoms with E-state index in [1.54, 1.807) is 18.2 Å². The highest BCUT2D eigenvalue weighted by molar-refractivity contribution is 14.1. The van der Waals surface area contributed by atoms with Crippen molar-refractivity contribution in [2.45, 2.75) is 19.9 Å². The molecule has 2 rings (SSSR count). The molecule has 0 aliphatic rings. The number of aromatic nitrogens is 1. The van der Waals surface area contributed by atoms with Crippen molar-refractivity contribution in [3.8, 4) is 0 Å². The van der Waals surface area contributed by atoms with Crippen molar-refractivity contribution in [3.63, 3.8) is 0 Å². The lowest BCUT2D eigenvalue weighted by atomic mass is 10.1. The number of nitrogens with zero attached hydrogens (tertiary/aromatic N) is 1. The van der Waals surface area contributed by atoms with Gasteiger partial charge < -0.3 is 4.57 Å². The maximum Gasteiger partial charge on any atom is 0.264 e. The summed E-state index contributed by atoms with van der Waals surface area (Å²) in [6.45, 7) is 2.26. The van der Waals surface area contributed by atoms with Crippen LogP contribution in [-0.2, 0) is 13.0 Å². The van der Waals surface area contributed by atoms with E-state index >= 15 is 0 Å². The van der Waals surface area contributed by atoms with Gasteiger partial charge in [-0.15, -0.1) is 0 Å². The van der Waals surface area contributed by atoms with Crippen LogP contribution < -0.4 is 5.56 Å². The van der Waals surface area contributed by atoms with Crippen molar-refractivity contribution in [1.82, 2.24) is 4.57 Å². The van der Waals surface area contributed by atoms with Gasteiger partial charge in [0, 0.05) is 12.1 Å². The average molecular weight is 395 g/mol. The van der Waals surface area contributed by atoms with E-state index in [9.17, 15) is 14.4 Å². The summed E-state index contributed by atoms with van der Waals surface area (Å²) < 4.78 is 2.12. The summed E-state index contributed by atoms with van der Waals surface area (Å²) in [6, 6.07) is 8.92. The van der Waals surface area contributed by atoms with E-state index in [0.717, 1.165) is 23.7 Å². The van der Waals surface area contributed by atoms with Crippen molar-refractivity contribution >= 4 is 35.2 Å². The highest BCUT2D eigenvalue weighted by atomic mass is 127. The molecular formula is C16H14INO3. The Morgan fingerprint density at radius 2 is 1.81 bits per heavy atom. The van der Waals surface area contributed by atoms with E-state index in [1.165, 1.54) is 4.57 Å². The SMILES string of the molecule is Cc1cc(I)c(=O)n(CCc2ccc(C=O)cc2)c1C=O. The van der Waals surface area contributed by atoms with Gasteiger partial charge in [0.25, 0.3) is 5.56 Å². The zero-order chi connectivity index (χ0) is 15.4. The molecule has 0 aliphatic carbocycles. The summed E-state index contributed by atoms with van der Waals surface area (Å²) in [5.74, 6) is 0. The van der Waals surface area contributed by atoms with Crippen LogP contribution in [-0.4, -0.2) is 17.1 Å². The smallest absolute Gasteiger partial charge is 0.264 e. The molecule has 4 nitrogen and oxygen atoms in total. The maximum atomic E-state index is 12.2. The van der Waals surface area contributed by atoms with Crippen molar-refractivity contribution in [2.24, 2.45) is 0 Å². The third kappa shape index (κ3) is 3.47. The Labute approximate surface area is 135 Å². The number of aryl methyl sites for hydroxylation is 2. The molecule has 1 heterocycles. The summed E-state index contributed by atoms with van der Waals surface area (Å²) in [5, 5.41) is 0. The number of carbonyl (C=O) groups excluding carboxylic acids is 2. The van der Waals surface area contributed by atoms with E-state index in [-0.39, 0.29) is 5.56 Å². The molecule has 0 bridgehead atoms. The van der Waals surface area contributed by atoms with Gasteiger partial charge in [-0.25, -0.2) is 0 Å². The zero-order valence-electron chi connectivity index (χ0n) is 11.5. The first-order valence-corrected chi connectivity index (χ1v) is 7.54. The van der Waals surface area contributed by atoms with Crippen LogP contribution in [0.4, 0.5) is 0 Å². The fraction of sp³-hybridized carbons (Fsp3) is 0.188. The molecule has 0 unspecified atom stereocenters. The Morgan fingerprint density at radius 3 is 2.38 bits per heavy atom. The molecule has 0 N–H and O–H groups in total. The van der Waals surface area contributed by atoms with Crippen molar-refractivity contribution < 1.29 is 9.59 Å². The van der Waals surface area contributed by atoms with Crippen LogP contribution in [0, 0.1) is 10.5 Å². The Hall–Kier alpha value is -1.76. The minimum Gasteiger partial charge on any atom is -0.304 e. The molecule has 1 aromatic carbocycles. The van der Waals surface area contributed by atoms with Crippen LogP contribution in [0.5, 0.6) is 0 Å². The van der Waals surface area contributed by atoms with Crippen molar-refractivity contribution in [3.05, 3.63) is 66.6 Å². The van der Waals surface area contributed by atoms with E-state index in [1.807, 2.05) is 41.6 Å². The second-order valence-electron chi connectivity index (χ2n) is 4.74. The first kappa shape index (κ1) is 15.6. The number of benzene rings is 1. The Kier molecular flexibility index (Phi) is 5.06. The second kappa shape index (κ2) is 6.80. The van der Waals surface area contributed by atoms with E-state index in [2.05, 4.69) is 0 Å². The lowest BCUT2D eigenvalue weighted by Crippen LogP contribution is -2.27. The summed E-state index contributed by atoms with van der Waals surface area (Å²) >= 11 is 1.98. The summed E-state index contributed by atoms with van der Waals surface area (Å²) in [6.07, 6.45) is 2.14. The Balaban J connectivity index is 2.28. The monoisotopic (exact) mass is 395 g/mol. The number of halogens is 1. The Bertz CT molecular complexity index is 732. The summed E-state index contributed by atoms with van der Waals surface area (Å²) in [7, 11) is 0. The molecule has 108 valence electrons. The fourth-order valence-electron chi connectivity index (χ4n) is 2.16. The molecule has 0 radical (unpaired) electrons. The number of rotatable bonds is 5. The number of hydrogen-bond acceptors (Lipinski definition) is 3. The topological polar surface area (TPSA) is 56.1 Å². The second-order valence-corrected chi connectivity index (χ2v) is 5.91. The van der Waals surface area contributed by atoms with E-state index in [4.69, 9.17) is 0 Å². The van der Waals surface area contributed by atoms with Gasteiger partial charge in [-0.2, -0.15) is 0 Å². The number of hydrogen-bond donors (Lipinski definition) is 0. The van der Waals surface area contributed by atoms with Gasteiger partial charge in [0.2, 0.25) is 0 Å². The lowest BCUT2D eigenvalue weighted by Gasteiger charge is -2.12. The van der Waals surface area contributed by atoms with Gasteiger partial charge in [0.15, 0.2) is 6.29 Å². The third-order valence-electron chi connectivity index (χ3n) is 3.34. The van der Waals surface area contributed by atoms with Gasteiger partial charge >= 0.3 is 0 Å². The van der Waals surface area contributed by atoms with E-state index < -0.39 is 0 Å². The highest BCUT2D eigenvalue weighted by Crippen LogP contribution is 2.10. The van der Waals surface area contributed by atoms with Gasteiger partial charge in [-0.1, -0.05) is 24.3 Å². The molecule has 0 atom stereocenters. The first-order chi connectivity index (χ1) is 10.1. The molecule has 0 amide bonds. The molecule has 0 fully saturated rings. The molecule has 0 spiro atoms. The average Bonchev–Trinajstić information content (AvgIpc) is 2.50. The molecule has 1 aromatic heterocycles. The first-order valence-electron chi connectivity index (χ1n) is 6.46. The minimum atomic E-state index is -0.146. The van der Waals surface area contributed by atoms with Crippen LogP contribution in [0.25, 0.3) is 0 Å². The van der Waals surface area contributed by atoms with Crippen LogP contribution in [0.1, 0.15) is 32.0 Å². The molecule has 0 aliphatic heterocycles. The predicted octanol–water partition coefficient (Wildman–Crippen LogP) is 2.63. The van der Waals surface area contributed by atoms with Crippen molar-refractivity contribution in [2.75, 3.05) is 0 Å². The maximum absolute atomic E-state index is 12.2. The van der Waals surface area contributed by atoms with Crippen LogP contribution in [0.2, 0.25) is 0 Å². The number of pyridine rings is 1. The van der Waals surface area contributed by atoms with Crippen LogP contribution in [0.3, 0.4) is 0 Å². The van der Waals surface area contributed by atoms with Gasteiger partial charge in [-0.3, -0.25) is 14.4 Å². The lowest BCUT2D eigenvalue weighted by molar-refractivity contribution is 0.110. The fourth-order valence-corrected chi connectivity index (χ4v) is 2.92. The molecule has 0 saturated heterocycles. The summed E-state index contributed by atoms with van der Waals surface area (Å²) in [4.78, 5) is 34.0. The van der Waals surface area contributed by atoms with Crippen LogP contribution >= 0.6 is 22.6 Å². The zero-order valence-corrected chi connectivity index (χ0v) is 13.7. The molecule has 2 aromatic rings. The number of aldehydes is 2. The van der Waals surface area contributed by atoms with Gasteiger partial charge in [0.1, 0.15) is 6.29 Å². The molecule has 5 heteroatoms. The third-order valence-corrected chi connectivity index (χ3v) is 4.11. The van der Waals surface area contributed by atoms with Crippen LogP contribution in [0.15, 0.2) is 35.1 Å². The quantitative estimate of drug-likeness (QED) is 0.578. The normalized spacial score (nSPS) is 10.4. The number of carbonyl (C=O) groups is 2. The van der Waals surface area contributed by atoms with Gasteiger partial charge in [0.05, 0.1) is 9.26 Å².